The first kappa shape index (κ1) is 13.1. The maximum Gasteiger partial charge on any atom is 0.221 e. The van der Waals surface area contributed by atoms with E-state index >= 15 is 0 Å². The summed E-state index contributed by atoms with van der Waals surface area (Å²) in [6.07, 6.45) is 2.55. The third-order valence-corrected chi connectivity index (χ3v) is 2.84. The van der Waals surface area contributed by atoms with E-state index in [4.69, 9.17) is 5.11 Å². The number of nitrogens with one attached hydrogen (secondary N) is 1. The zero-order valence-corrected chi connectivity index (χ0v) is 10.2. The predicted octanol–water partition coefficient (Wildman–Crippen LogP) is 1.55. The van der Waals surface area contributed by atoms with E-state index in [0.29, 0.717) is 13.0 Å². The van der Waals surface area contributed by atoms with Crippen molar-refractivity contribution < 1.29 is 9.90 Å². The van der Waals surface area contributed by atoms with Crippen molar-refractivity contribution in [3.63, 3.8) is 0 Å². The first-order chi connectivity index (χ1) is 7.76. The number of aliphatic hydroxyl groups excluding tert-OH is 1. The number of thioether (sulfide) groups is 1. The van der Waals surface area contributed by atoms with Crippen LogP contribution in [0.15, 0.2) is 24.3 Å². The van der Waals surface area contributed by atoms with Gasteiger partial charge in [-0.25, -0.2) is 0 Å². The van der Waals surface area contributed by atoms with Gasteiger partial charge in [0.05, 0.1) is 6.61 Å². The zero-order valence-electron chi connectivity index (χ0n) is 9.40. The molecule has 0 unspecified atom stereocenters. The summed E-state index contributed by atoms with van der Waals surface area (Å²) in [5.74, 6) is 0.940. The van der Waals surface area contributed by atoms with Gasteiger partial charge < -0.3 is 10.4 Å². The van der Waals surface area contributed by atoms with Crippen LogP contribution in [0.4, 0.5) is 0 Å². The summed E-state index contributed by atoms with van der Waals surface area (Å²) in [4.78, 5) is 11.3. The van der Waals surface area contributed by atoms with Crippen molar-refractivity contribution in [1.82, 2.24) is 5.32 Å². The summed E-state index contributed by atoms with van der Waals surface area (Å²) < 4.78 is 0. The lowest BCUT2D eigenvalue weighted by molar-refractivity contribution is -0.120. The molecule has 0 fully saturated rings. The summed E-state index contributed by atoms with van der Waals surface area (Å²) in [6.45, 7) is 0.610. The van der Waals surface area contributed by atoms with Crippen LogP contribution in [0.2, 0.25) is 0 Å². The van der Waals surface area contributed by atoms with Crippen molar-refractivity contribution in [1.29, 1.82) is 0 Å². The lowest BCUT2D eigenvalue weighted by Crippen LogP contribution is -2.22. The summed E-state index contributed by atoms with van der Waals surface area (Å²) >= 11 is 1.67. The predicted molar refractivity (Wildman–Crippen MR) is 67.2 cm³/mol. The second kappa shape index (κ2) is 7.30. The second-order valence-electron chi connectivity index (χ2n) is 3.49. The molecule has 0 atom stereocenters. The van der Waals surface area contributed by atoms with Gasteiger partial charge in [-0.05, 0) is 17.4 Å². The van der Waals surface area contributed by atoms with Crippen LogP contribution in [0, 0.1) is 0 Å². The van der Waals surface area contributed by atoms with Gasteiger partial charge in [0.25, 0.3) is 0 Å². The Hall–Kier alpha value is -1.00. The Labute approximate surface area is 100 Å². The molecule has 1 aromatic rings. The monoisotopic (exact) mass is 239 g/mol. The summed E-state index contributed by atoms with van der Waals surface area (Å²) in [5.41, 5.74) is 1.94. The van der Waals surface area contributed by atoms with Crippen LogP contribution in [-0.2, 0) is 17.9 Å². The van der Waals surface area contributed by atoms with Crippen LogP contribution >= 0.6 is 11.8 Å². The van der Waals surface area contributed by atoms with Gasteiger partial charge in [-0.3, -0.25) is 4.79 Å². The van der Waals surface area contributed by atoms with Gasteiger partial charge in [0.15, 0.2) is 0 Å². The van der Waals surface area contributed by atoms with Crippen LogP contribution in [-0.4, -0.2) is 23.0 Å². The molecule has 0 saturated carbocycles. The van der Waals surface area contributed by atoms with Crippen LogP contribution in [0.25, 0.3) is 0 Å². The molecule has 0 radical (unpaired) electrons. The van der Waals surface area contributed by atoms with Gasteiger partial charge >= 0.3 is 0 Å². The number of carbonyl (C=O) groups excluding carboxylic acids is 1. The van der Waals surface area contributed by atoms with Gasteiger partial charge in [-0.15, -0.1) is 0 Å². The SMILES string of the molecule is CSCCC(=O)NCc1ccc(CO)cc1. The molecule has 1 rings (SSSR count). The number of hydrogen-bond donors (Lipinski definition) is 2. The van der Waals surface area contributed by atoms with Gasteiger partial charge in [0.1, 0.15) is 0 Å². The van der Waals surface area contributed by atoms with Crippen molar-refractivity contribution in [2.75, 3.05) is 12.0 Å². The fraction of sp³-hybridized carbons (Fsp3) is 0.417. The molecule has 16 heavy (non-hydrogen) atoms. The first-order valence-corrected chi connectivity index (χ1v) is 6.60. The smallest absolute Gasteiger partial charge is 0.221 e. The molecular formula is C12H17NO2S. The standard InChI is InChI=1S/C12H17NO2S/c1-16-7-6-12(15)13-8-10-2-4-11(9-14)5-3-10/h2-5,14H,6-9H2,1H3,(H,13,15). The zero-order chi connectivity index (χ0) is 11.8. The maximum atomic E-state index is 11.3. The van der Waals surface area contributed by atoms with Crippen molar-refractivity contribution in [3.8, 4) is 0 Å². The number of benzene rings is 1. The normalized spacial score (nSPS) is 10.1. The molecule has 3 nitrogen and oxygen atoms in total. The molecule has 88 valence electrons. The highest BCUT2D eigenvalue weighted by atomic mass is 32.2. The van der Waals surface area contributed by atoms with Gasteiger partial charge in [0.2, 0.25) is 5.91 Å². The Morgan fingerprint density at radius 1 is 1.31 bits per heavy atom. The van der Waals surface area contributed by atoms with Crippen molar-refractivity contribution >= 4 is 17.7 Å². The molecule has 0 aliphatic heterocycles. The van der Waals surface area contributed by atoms with E-state index in [1.54, 1.807) is 11.8 Å². The molecule has 1 amide bonds. The third-order valence-electron chi connectivity index (χ3n) is 2.23. The van der Waals surface area contributed by atoms with E-state index in [-0.39, 0.29) is 12.5 Å². The highest BCUT2D eigenvalue weighted by Crippen LogP contribution is 2.04. The molecule has 0 heterocycles. The van der Waals surface area contributed by atoms with Crippen LogP contribution in [0.1, 0.15) is 17.5 Å². The molecule has 0 saturated heterocycles. The van der Waals surface area contributed by atoms with Crippen LogP contribution in [0.3, 0.4) is 0 Å². The minimum atomic E-state index is 0.0559. The van der Waals surface area contributed by atoms with E-state index in [0.717, 1.165) is 16.9 Å². The minimum Gasteiger partial charge on any atom is -0.392 e. The average molecular weight is 239 g/mol. The summed E-state index contributed by atoms with van der Waals surface area (Å²) in [7, 11) is 0. The Morgan fingerprint density at radius 2 is 1.94 bits per heavy atom. The van der Waals surface area contributed by atoms with Gasteiger partial charge in [-0.1, -0.05) is 24.3 Å². The summed E-state index contributed by atoms with van der Waals surface area (Å²) in [5, 5.41) is 11.7. The van der Waals surface area contributed by atoms with E-state index in [1.807, 2.05) is 30.5 Å². The molecule has 0 aromatic heterocycles. The van der Waals surface area contributed by atoms with Gasteiger partial charge in [0, 0.05) is 18.7 Å². The van der Waals surface area contributed by atoms with E-state index in [1.165, 1.54) is 0 Å². The van der Waals surface area contributed by atoms with Crippen molar-refractivity contribution in [2.45, 2.75) is 19.6 Å². The highest BCUT2D eigenvalue weighted by molar-refractivity contribution is 7.98. The fourth-order valence-corrected chi connectivity index (χ4v) is 1.64. The molecule has 0 bridgehead atoms. The molecule has 2 N–H and O–H groups in total. The number of amides is 1. The Morgan fingerprint density at radius 3 is 2.50 bits per heavy atom. The van der Waals surface area contributed by atoms with Crippen LogP contribution in [0.5, 0.6) is 0 Å². The molecule has 1 aromatic carbocycles. The highest BCUT2D eigenvalue weighted by Gasteiger charge is 2.00. The Bertz CT molecular complexity index is 324. The van der Waals surface area contributed by atoms with Crippen molar-refractivity contribution in [3.05, 3.63) is 35.4 Å². The van der Waals surface area contributed by atoms with Crippen LogP contribution < -0.4 is 5.32 Å². The quantitative estimate of drug-likeness (QED) is 0.792. The fourth-order valence-electron chi connectivity index (χ4n) is 1.25. The molecule has 0 aliphatic rings. The van der Waals surface area contributed by atoms with E-state index in [9.17, 15) is 4.79 Å². The largest absolute Gasteiger partial charge is 0.392 e. The Balaban J connectivity index is 2.33. The lowest BCUT2D eigenvalue weighted by Gasteiger charge is -2.05. The first-order valence-electron chi connectivity index (χ1n) is 5.20. The molecule has 0 spiro atoms. The molecule has 0 aliphatic carbocycles. The lowest BCUT2D eigenvalue weighted by atomic mass is 10.1. The van der Waals surface area contributed by atoms with Gasteiger partial charge in [-0.2, -0.15) is 11.8 Å². The van der Waals surface area contributed by atoms with Crippen molar-refractivity contribution in [2.24, 2.45) is 0 Å². The average Bonchev–Trinajstić information content (AvgIpc) is 2.34. The molecular weight excluding hydrogens is 222 g/mol. The minimum absolute atomic E-state index is 0.0559. The topological polar surface area (TPSA) is 49.3 Å². The van der Waals surface area contributed by atoms with E-state index in [2.05, 4.69) is 5.32 Å². The number of aliphatic hydroxyl groups is 1. The molecule has 4 heteroatoms. The number of hydrogen-bond acceptors (Lipinski definition) is 3. The second-order valence-corrected chi connectivity index (χ2v) is 4.48. The summed E-state index contributed by atoms with van der Waals surface area (Å²) in [6, 6.07) is 7.56. The maximum absolute atomic E-state index is 11.3. The third kappa shape index (κ3) is 4.68. The number of rotatable bonds is 6. The Kier molecular flexibility index (Phi) is 5.96. The number of carbonyl (C=O) groups is 1. The van der Waals surface area contributed by atoms with E-state index < -0.39 is 0 Å².